The topological polar surface area (TPSA) is 59.4 Å². The Labute approximate surface area is 138 Å². The van der Waals surface area contributed by atoms with Crippen LogP contribution >= 0.6 is 0 Å². The van der Waals surface area contributed by atoms with Gasteiger partial charge in [-0.05, 0) is 24.7 Å². The van der Waals surface area contributed by atoms with E-state index in [9.17, 15) is 4.79 Å². The first kappa shape index (κ1) is 16.3. The number of hydrogen-bond donors (Lipinski definition) is 1. The predicted octanol–water partition coefficient (Wildman–Crippen LogP) is 2.65. The molecular formula is C17H28N4O2. The molecule has 128 valence electrons. The minimum atomic E-state index is 0.0209. The number of likely N-dealkylation sites (tertiary alicyclic amines) is 1. The van der Waals surface area contributed by atoms with Gasteiger partial charge in [0.15, 0.2) is 0 Å². The molecule has 2 heterocycles. The molecule has 1 N–H and O–H groups in total. The molecule has 6 nitrogen and oxygen atoms in total. The number of fused-ring (bicyclic) bond motifs is 1. The molecular weight excluding hydrogens is 292 g/mol. The number of anilines is 1. The van der Waals surface area contributed by atoms with Crippen LogP contribution in [0, 0.1) is 11.8 Å². The lowest BCUT2D eigenvalue weighted by Gasteiger charge is -2.32. The molecule has 3 atom stereocenters. The van der Waals surface area contributed by atoms with Crippen LogP contribution in [0.4, 0.5) is 10.6 Å². The van der Waals surface area contributed by atoms with E-state index in [1.54, 1.807) is 11.8 Å². The number of hydrogen-bond acceptors (Lipinski definition) is 3. The van der Waals surface area contributed by atoms with Crippen LogP contribution in [0.3, 0.4) is 0 Å². The molecule has 1 aromatic rings. The van der Waals surface area contributed by atoms with Crippen molar-refractivity contribution < 1.29 is 9.53 Å². The average molecular weight is 320 g/mol. The third kappa shape index (κ3) is 3.37. The number of urea groups is 1. The number of nitrogens with zero attached hydrogens (tertiary/aromatic N) is 3. The van der Waals surface area contributed by atoms with Gasteiger partial charge in [-0.25, -0.2) is 4.79 Å². The molecule has 1 saturated heterocycles. The molecule has 0 radical (unpaired) electrons. The Morgan fingerprint density at radius 3 is 3.00 bits per heavy atom. The zero-order valence-electron chi connectivity index (χ0n) is 14.4. The molecule has 1 aromatic heterocycles. The van der Waals surface area contributed by atoms with Crippen molar-refractivity contribution in [3.05, 3.63) is 11.8 Å². The number of ether oxygens (including phenoxy) is 1. The number of methoxy groups -OCH3 is 1. The van der Waals surface area contributed by atoms with Crippen LogP contribution in [0.5, 0.6) is 0 Å². The summed E-state index contributed by atoms with van der Waals surface area (Å²) >= 11 is 0. The van der Waals surface area contributed by atoms with E-state index in [4.69, 9.17) is 4.74 Å². The van der Waals surface area contributed by atoms with E-state index in [1.165, 1.54) is 19.3 Å². The Kier molecular flexibility index (Phi) is 4.90. The van der Waals surface area contributed by atoms with E-state index >= 15 is 0 Å². The van der Waals surface area contributed by atoms with Crippen LogP contribution in [-0.4, -0.2) is 47.0 Å². The Balaban J connectivity index is 1.66. The maximum Gasteiger partial charge on any atom is 0.323 e. The number of nitrogens with one attached hydrogen (secondary N) is 1. The van der Waals surface area contributed by atoms with Gasteiger partial charge >= 0.3 is 6.03 Å². The average Bonchev–Trinajstić information content (AvgIpc) is 3.06. The van der Waals surface area contributed by atoms with Crippen LogP contribution < -0.4 is 5.32 Å². The summed E-state index contributed by atoms with van der Waals surface area (Å²) in [7, 11) is 3.54. The van der Waals surface area contributed by atoms with Gasteiger partial charge in [0.25, 0.3) is 0 Å². The number of carbonyl (C=O) groups is 1. The van der Waals surface area contributed by atoms with Crippen molar-refractivity contribution >= 4 is 11.8 Å². The largest absolute Gasteiger partial charge is 0.384 e. The maximum atomic E-state index is 12.7. The number of aryl methyl sites for hydroxylation is 1. The van der Waals surface area contributed by atoms with Crippen molar-refractivity contribution in [2.45, 2.75) is 45.1 Å². The summed E-state index contributed by atoms with van der Waals surface area (Å²) in [6.45, 7) is 3.79. The molecule has 2 aliphatic rings. The standard InChI is InChI=1S/C17H28N4O2/c1-12-11-21(15-7-5-4-6-14(12)15)17(22)18-16-10-13(8-9-23-3)19-20(16)2/h10,12,14-15H,4-9,11H2,1-3H3,(H,18,22)/t12-,14+,15+/m0/s1. The van der Waals surface area contributed by atoms with Gasteiger partial charge < -0.3 is 9.64 Å². The Hall–Kier alpha value is -1.56. The van der Waals surface area contributed by atoms with Crippen molar-refractivity contribution in [2.24, 2.45) is 18.9 Å². The highest BCUT2D eigenvalue weighted by atomic mass is 16.5. The lowest BCUT2D eigenvalue weighted by atomic mass is 9.80. The van der Waals surface area contributed by atoms with E-state index in [0.29, 0.717) is 24.5 Å². The van der Waals surface area contributed by atoms with Gasteiger partial charge in [0.05, 0.1) is 12.3 Å². The van der Waals surface area contributed by atoms with Gasteiger partial charge in [-0.3, -0.25) is 10.00 Å². The van der Waals surface area contributed by atoms with Crippen LogP contribution in [0.1, 0.15) is 38.3 Å². The minimum Gasteiger partial charge on any atom is -0.384 e. The molecule has 2 amide bonds. The first-order chi connectivity index (χ1) is 11.1. The number of aromatic nitrogens is 2. The van der Waals surface area contributed by atoms with Gasteiger partial charge in [0.2, 0.25) is 0 Å². The quantitative estimate of drug-likeness (QED) is 0.928. The first-order valence-corrected chi connectivity index (χ1v) is 8.69. The van der Waals surface area contributed by atoms with Crippen molar-refractivity contribution in [3.63, 3.8) is 0 Å². The second-order valence-corrected chi connectivity index (χ2v) is 6.96. The summed E-state index contributed by atoms with van der Waals surface area (Å²) in [5.41, 5.74) is 0.940. The molecule has 2 fully saturated rings. The fourth-order valence-corrected chi connectivity index (χ4v) is 4.16. The minimum absolute atomic E-state index is 0.0209. The van der Waals surface area contributed by atoms with Crippen molar-refractivity contribution in [3.8, 4) is 0 Å². The third-order valence-corrected chi connectivity index (χ3v) is 5.39. The SMILES string of the molecule is COCCc1cc(NC(=O)N2C[C@H](C)[C@H]3CCCC[C@H]32)n(C)n1. The fourth-order valence-electron chi connectivity index (χ4n) is 4.16. The second kappa shape index (κ2) is 6.91. The highest BCUT2D eigenvalue weighted by molar-refractivity contribution is 5.89. The van der Waals surface area contributed by atoms with Crippen molar-refractivity contribution in [1.82, 2.24) is 14.7 Å². The zero-order valence-corrected chi connectivity index (χ0v) is 14.4. The normalized spacial score (nSPS) is 27.1. The molecule has 23 heavy (non-hydrogen) atoms. The Bertz CT molecular complexity index is 557. The lowest BCUT2D eigenvalue weighted by molar-refractivity contribution is 0.180. The molecule has 1 aliphatic heterocycles. The van der Waals surface area contributed by atoms with Crippen molar-refractivity contribution in [1.29, 1.82) is 0 Å². The number of rotatable bonds is 4. The van der Waals surface area contributed by atoms with Crippen LogP contribution in [0.2, 0.25) is 0 Å². The number of amides is 2. The smallest absolute Gasteiger partial charge is 0.323 e. The van der Waals surface area contributed by atoms with Gasteiger partial charge in [-0.15, -0.1) is 0 Å². The van der Waals surface area contributed by atoms with Gasteiger partial charge in [0, 0.05) is 39.2 Å². The Morgan fingerprint density at radius 1 is 1.43 bits per heavy atom. The van der Waals surface area contributed by atoms with Crippen LogP contribution in [-0.2, 0) is 18.2 Å². The zero-order chi connectivity index (χ0) is 16.4. The Morgan fingerprint density at radius 2 is 2.22 bits per heavy atom. The first-order valence-electron chi connectivity index (χ1n) is 8.69. The van der Waals surface area contributed by atoms with Crippen LogP contribution in [0.15, 0.2) is 6.07 Å². The van der Waals surface area contributed by atoms with E-state index in [2.05, 4.69) is 22.2 Å². The molecule has 1 aliphatic carbocycles. The summed E-state index contributed by atoms with van der Waals surface area (Å²) in [4.78, 5) is 14.8. The predicted molar refractivity (Wildman–Crippen MR) is 89.4 cm³/mol. The van der Waals surface area contributed by atoms with E-state index < -0.39 is 0 Å². The second-order valence-electron chi connectivity index (χ2n) is 6.96. The monoisotopic (exact) mass is 320 g/mol. The maximum absolute atomic E-state index is 12.7. The van der Waals surface area contributed by atoms with Gasteiger partial charge in [-0.1, -0.05) is 19.8 Å². The molecule has 6 heteroatoms. The molecule has 0 unspecified atom stereocenters. The molecule has 0 spiro atoms. The summed E-state index contributed by atoms with van der Waals surface area (Å²) in [6.07, 6.45) is 5.72. The van der Waals surface area contributed by atoms with Crippen molar-refractivity contribution in [2.75, 3.05) is 25.6 Å². The van der Waals surface area contributed by atoms with Gasteiger partial charge in [0.1, 0.15) is 5.82 Å². The molecule has 3 rings (SSSR count). The molecule has 0 aromatic carbocycles. The molecule has 1 saturated carbocycles. The number of carbonyl (C=O) groups excluding carboxylic acids is 1. The van der Waals surface area contributed by atoms with E-state index in [0.717, 1.165) is 30.9 Å². The van der Waals surface area contributed by atoms with E-state index in [1.807, 2.05) is 13.1 Å². The van der Waals surface area contributed by atoms with Crippen LogP contribution in [0.25, 0.3) is 0 Å². The lowest BCUT2D eigenvalue weighted by Crippen LogP contribution is -2.41. The fraction of sp³-hybridized carbons (Fsp3) is 0.765. The van der Waals surface area contributed by atoms with Gasteiger partial charge in [-0.2, -0.15) is 5.10 Å². The molecule has 0 bridgehead atoms. The summed E-state index contributed by atoms with van der Waals surface area (Å²) < 4.78 is 6.82. The highest BCUT2D eigenvalue weighted by Crippen LogP contribution is 2.39. The third-order valence-electron chi connectivity index (χ3n) is 5.39. The van der Waals surface area contributed by atoms with E-state index in [-0.39, 0.29) is 6.03 Å². The summed E-state index contributed by atoms with van der Waals surface area (Å²) in [5, 5.41) is 7.48. The summed E-state index contributed by atoms with van der Waals surface area (Å²) in [5.74, 6) is 2.04. The highest BCUT2D eigenvalue weighted by Gasteiger charge is 2.42. The summed E-state index contributed by atoms with van der Waals surface area (Å²) in [6, 6.07) is 2.38.